The standard InChI is InChI=1S/C12H23N3/c1-5-8-15-9-7-14-11(15)10(13)12(3,4)6-2/h7,9-10H,5-6,8,13H2,1-4H3. The van der Waals surface area contributed by atoms with Crippen LogP contribution in [0.4, 0.5) is 0 Å². The zero-order chi connectivity index (χ0) is 11.5. The number of rotatable bonds is 5. The van der Waals surface area contributed by atoms with Gasteiger partial charge in [0.1, 0.15) is 5.82 Å². The molecule has 0 aliphatic heterocycles. The van der Waals surface area contributed by atoms with Gasteiger partial charge in [-0.15, -0.1) is 0 Å². The summed E-state index contributed by atoms with van der Waals surface area (Å²) >= 11 is 0. The summed E-state index contributed by atoms with van der Waals surface area (Å²) < 4.78 is 2.17. The Morgan fingerprint density at radius 2 is 2.13 bits per heavy atom. The van der Waals surface area contributed by atoms with Crippen LogP contribution in [0.1, 0.15) is 52.4 Å². The average Bonchev–Trinajstić information content (AvgIpc) is 2.65. The van der Waals surface area contributed by atoms with Gasteiger partial charge in [0, 0.05) is 18.9 Å². The molecular weight excluding hydrogens is 186 g/mol. The molecule has 1 aromatic rings. The second kappa shape index (κ2) is 4.79. The Morgan fingerprint density at radius 3 is 2.67 bits per heavy atom. The maximum absolute atomic E-state index is 6.28. The normalized spacial score (nSPS) is 14.2. The number of hydrogen-bond acceptors (Lipinski definition) is 2. The Labute approximate surface area is 92.7 Å². The predicted molar refractivity (Wildman–Crippen MR) is 63.5 cm³/mol. The minimum atomic E-state index is 0.0176. The molecule has 1 unspecified atom stereocenters. The fourth-order valence-corrected chi connectivity index (χ4v) is 1.60. The lowest BCUT2D eigenvalue weighted by molar-refractivity contribution is 0.263. The van der Waals surface area contributed by atoms with Gasteiger partial charge in [0.2, 0.25) is 0 Å². The van der Waals surface area contributed by atoms with E-state index in [1.165, 1.54) is 0 Å². The summed E-state index contributed by atoms with van der Waals surface area (Å²) in [6.07, 6.45) is 6.04. The van der Waals surface area contributed by atoms with Gasteiger partial charge in [0.15, 0.2) is 0 Å². The first kappa shape index (κ1) is 12.2. The number of aromatic nitrogens is 2. The maximum atomic E-state index is 6.28. The number of aryl methyl sites for hydroxylation is 1. The maximum Gasteiger partial charge on any atom is 0.126 e. The van der Waals surface area contributed by atoms with E-state index in [4.69, 9.17) is 5.73 Å². The molecule has 1 rings (SSSR count). The van der Waals surface area contributed by atoms with E-state index in [9.17, 15) is 0 Å². The summed E-state index contributed by atoms with van der Waals surface area (Å²) in [6.45, 7) is 9.74. The number of hydrogen-bond donors (Lipinski definition) is 1. The molecule has 0 aromatic carbocycles. The van der Waals surface area contributed by atoms with Crippen LogP contribution in [0.2, 0.25) is 0 Å². The van der Waals surface area contributed by atoms with Crippen LogP contribution in [0.15, 0.2) is 12.4 Å². The molecule has 0 fully saturated rings. The van der Waals surface area contributed by atoms with E-state index < -0.39 is 0 Å². The summed E-state index contributed by atoms with van der Waals surface area (Å²) in [5, 5.41) is 0. The van der Waals surface area contributed by atoms with Crippen LogP contribution in [0, 0.1) is 5.41 Å². The van der Waals surface area contributed by atoms with Gasteiger partial charge in [0.05, 0.1) is 6.04 Å². The molecule has 0 bridgehead atoms. The van der Waals surface area contributed by atoms with Crippen molar-refractivity contribution in [2.24, 2.45) is 11.1 Å². The Bertz CT molecular complexity index is 302. The van der Waals surface area contributed by atoms with Crippen LogP contribution in [0.25, 0.3) is 0 Å². The number of nitrogens with two attached hydrogens (primary N) is 1. The van der Waals surface area contributed by atoms with Crippen molar-refractivity contribution < 1.29 is 0 Å². The van der Waals surface area contributed by atoms with Crippen molar-refractivity contribution in [3.05, 3.63) is 18.2 Å². The molecule has 0 saturated heterocycles. The minimum absolute atomic E-state index is 0.0176. The van der Waals surface area contributed by atoms with Gasteiger partial charge in [-0.1, -0.05) is 27.7 Å². The van der Waals surface area contributed by atoms with E-state index in [-0.39, 0.29) is 11.5 Å². The van der Waals surface area contributed by atoms with Gasteiger partial charge < -0.3 is 10.3 Å². The molecule has 0 spiro atoms. The highest BCUT2D eigenvalue weighted by molar-refractivity contribution is 5.03. The highest BCUT2D eigenvalue weighted by atomic mass is 15.1. The van der Waals surface area contributed by atoms with Crippen LogP contribution in [0.5, 0.6) is 0 Å². The summed E-state index contributed by atoms with van der Waals surface area (Å²) in [5.41, 5.74) is 6.38. The smallest absolute Gasteiger partial charge is 0.126 e. The van der Waals surface area contributed by atoms with E-state index in [1.807, 2.05) is 12.4 Å². The first-order valence-electron chi connectivity index (χ1n) is 5.79. The molecule has 3 nitrogen and oxygen atoms in total. The zero-order valence-electron chi connectivity index (χ0n) is 10.3. The lowest BCUT2D eigenvalue weighted by Crippen LogP contribution is -2.31. The van der Waals surface area contributed by atoms with Crippen molar-refractivity contribution in [2.45, 2.75) is 53.1 Å². The third kappa shape index (κ3) is 2.59. The first-order chi connectivity index (χ1) is 7.03. The van der Waals surface area contributed by atoms with Crippen LogP contribution >= 0.6 is 0 Å². The Hall–Kier alpha value is -0.830. The molecule has 0 radical (unpaired) electrons. The first-order valence-corrected chi connectivity index (χ1v) is 5.79. The molecule has 86 valence electrons. The molecule has 1 heterocycles. The zero-order valence-corrected chi connectivity index (χ0v) is 10.3. The molecule has 0 amide bonds. The van der Waals surface area contributed by atoms with Gasteiger partial charge >= 0.3 is 0 Å². The molecule has 0 aliphatic carbocycles. The van der Waals surface area contributed by atoms with Gasteiger partial charge in [-0.2, -0.15) is 0 Å². The highest BCUT2D eigenvalue weighted by Crippen LogP contribution is 2.33. The van der Waals surface area contributed by atoms with Crippen molar-refractivity contribution >= 4 is 0 Å². The van der Waals surface area contributed by atoms with Crippen LogP contribution < -0.4 is 5.73 Å². The van der Waals surface area contributed by atoms with E-state index in [0.29, 0.717) is 0 Å². The molecule has 2 N–H and O–H groups in total. The Morgan fingerprint density at radius 1 is 1.47 bits per heavy atom. The van der Waals surface area contributed by atoms with E-state index >= 15 is 0 Å². The van der Waals surface area contributed by atoms with E-state index in [1.54, 1.807) is 0 Å². The highest BCUT2D eigenvalue weighted by Gasteiger charge is 2.28. The molecule has 0 aliphatic rings. The van der Waals surface area contributed by atoms with Crippen molar-refractivity contribution in [1.29, 1.82) is 0 Å². The fourth-order valence-electron chi connectivity index (χ4n) is 1.60. The topological polar surface area (TPSA) is 43.8 Å². The van der Waals surface area contributed by atoms with Crippen molar-refractivity contribution in [3.63, 3.8) is 0 Å². The molecule has 1 aromatic heterocycles. The summed E-state index contributed by atoms with van der Waals surface area (Å²) in [4.78, 5) is 4.39. The molecule has 15 heavy (non-hydrogen) atoms. The summed E-state index contributed by atoms with van der Waals surface area (Å²) in [7, 11) is 0. The van der Waals surface area contributed by atoms with Gasteiger partial charge in [-0.05, 0) is 18.3 Å². The quantitative estimate of drug-likeness (QED) is 0.810. The van der Waals surface area contributed by atoms with Gasteiger partial charge in [-0.3, -0.25) is 0 Å². The second-order valence-corrected chi connectivity index (χ2v) is 4.80. The Balaban J connectivity index is 2.90. The van der Waals surface area contributed by atoms with E-state index in [2.05, 4.69) is 37.2 Å². The predicted octanol–water partition coefficient (Wildman–Crippen LogP) is 2.73. The molecule has 1 atom stereocenters. The van der Waals surface area contributed by atoms with Crippen molar-refractivity contribution in [1.82, 2.24) is 9.55 Å². The van der Waals surface area contributed by atoms with Crippen LogP contribution in [-0.4, -0.2) is 9.55 Å². The van der Waals surface area contributed by atoms with Crippen LogP contribution in [0.3, 0.4) is 0 Å². The monoisotopic (exact) mass is 209 g/mol. The summed E-state index contributed by atoms with van der Waals surface area (Å²) in [6, 6.07) is 0.0176. The van der Waals surface area contributed by atoms with E-state index in [0.717, 1.165) is 25.2 Å². The van der Waals surface area contributed by atoms with Gasteiger partial charge in [-0.25, -0.2) is 4.98 Å². The van der Waals surface area contributed by atoms with Gasteiger partial charge in [0.25, 0.3) is 0 Å². The molecule has 0 saturated carbocycles. The van der Waals surface area contributed by atoms with Crippen molar-refractivity contribution in [3.8, 4) is 0 Å². The second-order valence-electron chi connectivity index (χ2n) is 4.80. The largest absolute Gasteiger partial charge is 0.334 e. The molecule has 3 heteroatoms. The third-order valence-electron chi connectivity index (χ3n) is 3.24. The van der Waals surface area contributed by atoms with Crippen molar-refractivity contribution in [2.75, 3.05) is 0 Å². The number of nitrogens with zero attached hydrogens (tertiary/aromatic N) is 2. The number of imidazole rings is 1. The van der Waals surface area contributed by atoms with Crippen LogP contribution in [-0.2, 0) is 6.54 Å². The fraction of sp³-hybridized carbons (Fsp3) is 0.750. The summed E-state index contributed by atoms with van der Waals surface area (Å²) in [5.74, 6) is 1.02. The SMILES string of the molecule is CCCn1ccnc1C(N)C(C)(C)CC. The average molecular weight is 209 g/mol. The molecular formula is C12H23N3. The lowest BCUT2D eigenvalue weighted by Gasteiger charge is -2.30. The lowest BCUT2D eigenvalue weighted by atomic mass is 9.82. The third-order valence-corrected chi connectivity index (χ3v) is 3.24. The Kier molecular flexibility index (Phi) is 3.91. The minimum Gasteiger partial charge on any atom is -0.334 e.